The summed E-state index contributed by atoms with van der Waals surface area (Å²) in [6.07, 6.45) is 3.32. The van der Waals surface area contributed by atoms with Crippen LogP contribution < -0.4 is 9.88 Å². The molecule has 1 aliphatic heterocycles. The summed E-state index contributed by atoms with van der Waals surface area (Å²) in [6, 6.07) is 16.0. The monoisotopic (exact) mass is 319 g/mol. The normalized spacial score (nSPS) is 14.8. The van der Waals surface area contributed by atoms with Gasteiger partial charge in [-0.25, -0.2) is 4.98 Å². The van der Waals surface area contributed by atoms with E-state index in [1.165, 1.54) is 5.39 Å². The van der Waals surface area contributed by atoms with Crippen LogP contribution in [0.1, 0.15) is 10.4 Å². The first kappa shape index (κ1) is 14.6. The SMILES string of the molecule is O=C(c1ccncc1)N1CCN(c2ccc3ccccc3[nH+]2)CC1. The van der Waals surface area contributed by atoms with Crippen molar-refractivity contribution in [3.8, 4) is 0 Å². The van der Waals surface area contributed by atoms with Crippen LogP contribution in [0.3, 0.4) is 0 Å². The lowest BCUT2D eigenvalue weighted by molar-refractivity contribution is -0.330. The van der Waals surface area contributed by atoms with Crippen molar-refractivity contribution >= 4 is 22.6 Å². The minimum Gasteiger partial charge on any atom is -0.331 e. The number of fused-ring (bicyclic) bond motifs is 1. The van der Waals surface area contributed by atoms with Crippen LogP contribution in [-0.4, -0.2) is 42.0 Å². The van der Waals surface area contributed by atoms with E-state index in [9.17, 15) is 4.79 Å². The molecule has 0 aliphatic carbocycles. The van der Waals surface area contributed by atoms with E-state index in [0.29, 0.717) is 5.56 Å². The highest BCUT2D eigenvalue weighted by Crippen LogP contribution is 2.16. The molecule has 0 bridgehead atoms. The van der Waals surface area contributed by atoms with Crippen molar-refractivity contribution in [3.05, 3.63) is 66.5 Å². The molecule has 120 valence electrons. The molecule has 1 N–H and O–H groups in total. The summed E-state index contributed by atoms with van der Waals surface area (Å²) in [4.78, 5) is 24.1. The highest BCUT2D eigenvalue weighted by atomic mass is 16.2. The second-order valence-corrected chi connectivity index (χ2v) is 5.95. The first-order chi connectivity index (χ1) is 11.8. The molecule has 5 nitrogen and oxygen atoms in total. The Hall–Kier alpha value is -2.95. The third-order valence-electron chi connectivity index (χ3n) is 4.48. The van der Waals surface area contributed by atoms with Crippen LogP contribution in [-0.2, 0) is 0 Å². The third-order valence-corrected chi connectivity index (χ3v) is 4.48. The standard InChI is InChI=1S/C19H18N4O/c24-19(16-7-9-20-10-8-16)23-13-11-22(12-14-23)18-6-5-15-3-1-2-4-17(15)21-18/h1-10H,11-14H2/p+1. The van der Waals surface area contributed by atoms with Gasteiger partial charge in [0.15, 0.2) is 0 Å². The summed E-state index contributed by atoms with van der Waals surface area (Å²) < 4.78 is 0. The van der Waals surface area contributed by atoms with E-state index >= 15 is 0 Å². The fraction of sp³-hybridized carbons (Fsp3) is 0.211. The summed E-state index contributed by atoms with van der Waals surface area (Å²) in [6.45, 7) is 3.10. The molecule has 3 heterocycles. The van der Waals surface area contributed by atoms with E-state index in [4.69, 9.17) is 0 Å². The third kappa shape index (κ3) is 2.80. The molecule has 0 atom stereocenters. The number of nitrogens with zero attached hydrogens (tertiary/aromatic N) is 3. The maximum Gasteiger partial charge on any atom is 0.274 e. The van der Waals surface area contributed by atoms with Gasteiger partial charge in [0.05, 0.1) is 13.1 Å². The largest absolute Gasteiger partial charge is 0.331 e. The van der Waals surface area contributed by atoms with Crippen LogP contribution >= 0.6 is 0 Å². The van der Waals surface area contributed by atoms with Gasteiger partial charge in [0.2, 0.25) is 0 Å². The molecule has 2 aromatic heterocycles. The first-order valence-electron chi connectivity index (χ1n) is 8.16. The van der Waals surface area contributed by atoms with Crippen LogP contribution in [0.15, 0.2) is 60.9 Å². The van der Waals surface area contributed by atoms with Crippen molar-refractivity contribution in [1.29, 1.82) is 0 Å². The summed E-state index contributed by atoms with van der Waals surface area (Å²) in [5.41, 5.74) is 1.83. The number of hydrogen-bond acceptors (Lipinski definition) is 3. The van der Waals surface area contributed by atoms with Gasteiger partial charge < -0.3 is 4.90 Å². The number of hydrogen-bond donors (Lipinski definition) is 0. The molecule has 1 aromatic carbocycles. The molecule has 1 amide bonds. The first-order valence-corrected chi connectivity index (χ1v) is 8.16. The lowest BCUT2D eigenvalue weighted by Gasteiger charge is -2.31. The molecule has 5 heteroatoms. The van der Waals surface area contributed by atoms with Crippen molar-refractivity contribution in [2.75, 3.05) is 31.1 Å². The number of aromatic amines is 1. The Labute approximate surface area is 140 Å². The van der Waals surface area contributed by atoms with Crippen LogP contribution in [0.25, 0.3) is 10.9 Å². The molecular weight excluding hydrogens is 300 g/mol. The number of rotatable bonds is 2. The number of para-hydroxylation sites is 1. The minimum absolute atomic E-state index is 0.0829. The predicted molar refractivity (Wildman–Crippen MR) is 92.9 cm³/mol. The van der Waals surface area contributed by atoms with E-state index in [-0.39, 0.29) is 5.91 Å². The Morgan fingerprint density at radius 1 is 0.917 bits per heavy atom. The average molecular weight is 319 g/mol. The van der Waals surface area contributed by atoms with Gasteiger partial charge in [0.1, 0.15) is 18.6 Å². The van der Waals surface area contributed by atoms with Gasteiger partial charge in [0, 0.05) is 29.4 Å². The second kappa shape index (κ2) is 6.28. The summed E-state index contributed by atoms with van der Waals surface area (Å²) in [5.74, 6) is 1.18. The Kier molecular flexibility index (Phi) is 3.83. The number of pyridine rings is 2. The number of carbonyl (C=O) groups excluding carboxylic acids is 1. The molecule has 0 radical (unpaired) electrons. The summed E-state index contributed by atoms with van der Waals surface area (Å²) in [5, 5.41) is 1.20. The van der Waals surface area contributed by atoms with E-state index in [1.807, 2.05) is 17.0 Å². The molecule has 0 unspecified atom stereocenters. The Morgan fingerprint density at radius 2 is 1.67 bits per heavy atom. The number of carbonyl (C=O) groups is 1. The van der Waals surface area contributed by atoms with Gasteiger partial charge in [-0.05, 0) is 24.3 Å². The van der Waals surface area contributed by atoms with Gasteiger partial charge in [-0.15, -0.1) is 0 Å². The number of amides is 1. The molecule has 3 aromatic rings. The number of H-pyrrole nitrogens is 1. The van der Waals surface area contributed by atoms with Crippen molar-refractivity contribution in [2.24, 2.45) is 0 Å². The fourth-order valence-corrected chi connectivity index (χ4v) is 3.12. The maximum absolute atomic E-state index is 12.5. The minimum atomic E-state index is 0.0829. The molecule has 1 saturated heterocycles. The molecular formula is C19H19N4O+. The highest BCUT2D eigenvalue weighted by molar-refractivity contribution is 5.94. The maximum atomic E-state index is 12.5. The Balaban J connectivity index is 1.46. The van der Waals surface area contributed by atoms with E-state index in [2.05, 4.69) is 39.1 Å². The molecule has 0 spiro atoms. The number of anilines is 1. The fourth-order valence-electron chi connectivity index (χ4n) is 3.12. The number of nitrogens with one attached hydrogen (secondary N) is 1. The Bertz CT molecular complexity index is 857. The van der Waals surface area contributed by atoms with Gasteiger partial charge in [0.25, 0.3) is 11.7 Å². The summed E-state index contributed by atoms with van der Waals surface area (Å²) in [7, 11) is 0. The summed E-state index contributed by atoms with van der Waals surface area (Å²) >= 11 is 0. The quantitative estimate of drug-likeness (QED) is 0.726. The van der Waals surface area contributed by atoms with Crippen molar-refractivity contribution < 1.29 is 9.78 Å². The zero-order chi connectivity index (χ0) is 16.4. The van der Waals surface area contributed by atoms with Gasteiger partial charge >= 0.3 is 0 Å². The Morgan fingerprint density at radius 3 is 2.46 bits per heavy atom. The van der Waals surface area contributed by atoms with E-state index in [0.717, 1.165) is 37.5 Å². The highest BCUT2D eigenvalue weighted by Gasteiger charge is 2.26. The number of benzene rings is 1. The molecule has 0 saturated carbocycles. The second-order valence-electron chi connectivity index (χ2n) is 5.95. The molecule has 1 aliphatic rings. The van der Waals surface area contributed by atoms with Crippen molar-refractivity contribution in [1.82, 2.24) is 9.88 Å². The van der Waals surface area contributed by atoms with Crippen LogP contribution in [0, 0.1) is 0 Å². The lowest BCUT2D eigenvalue weighted by Crippen LogP contribution is -2.50. The topological polar surface area (TPSA) is 50.6 Å². The van der Waals surface area contributed by atoms with Crippen molar-refractivity contribution in [2.45, 2.75) is 0 Å². The number of aromatic nitrogens is 2. The van der Waals surface area contributed by atoms with Gasteiger partial charge in [-0.2, -0.15) is 0 Å². The van der Waals surface area contributed by atoms with E-state index in [1.54, 1.807) is 24.5 Å². The van der Waals surface area contributed by atoms with Gasteiger partial charge in [-0.1, -0.05) is 18.2 Å². The lowest BCUT2D eigenvalue weighted by atomic mass is 10.2. The zero-order valence-electron chi connectivity index (χ0n) is 13.4. The predicted octanol–water partition coefficient (Wildman–Crippen LogP) is 2.01. The zero-order valence-corrected chi connectivity index (χ0v) is 13.4. The molecule has 1 fully saturated rings. The number of piperazine rings is 1. The molecule has 24 heavy (non-hydrogen) atoms. The smallest absolute Gasteiger partial charge is 0.274 e. The van der Waals surface area contributed by atoms with Crippen LogP contribution in [0.4, 0.5) is 5.82 Å². The molecule has 4 rings (SSSR count). The van der Waals surface area contributed by atoms with Crippen molar-refractivity contribution in [3.63, 3.8) is 0 Å². The van der Waals surface area contributed by atoms with Crippen LogP contribution in [0.5, 0.6) is 0 Å². The van der Waals surface area contributed by atoms with Gasteiger partial charge in [-0.3, -0.25) is 14.7 Å². The van der Waals surface area contributed by atoms with Crippen LogP contribution in [0.2, 0.25) is 0 Å². The average Bonchev–Trinajstić information content (AvgIpc) is 2.68. The van der Waals surface area contributed by atoms with E-state index < -0.39 is 0 Å².